The normalized spacial score (nSPS) is 17.7. The topological polar surface area (TPSA) is 75.2 Å². The number of amides is 1. The lowest BCUT2D eigenvalue weighted by Gasteiger charge is -2.32. The Morgan fingerprint density at radius 3 is 2.52 bits per heavy atom. The molecular weight excluding hydrogens is 507 g/mol. The van der Waals surface area contributed by atoms with Gasteiger partial charge in [0.2, 0.25) is 0 Å². The maximum atomic E-state index is 11.9. The van der Waals surface area contributed by atoms with Crippen molar-refractivity contribution < 1.29 is 14.3 Å². The molecule has 1 aromatic rings. The number of ether oxygens (including phenoxy) is 2. The first-order valence-electron chi connectivity index (χ1n) is 11.4. The van der Waals surface area contributed by atoms with E-state index in [9.17, 15) is 4.79 Å². The second-order valence-corrected chi connectivity index (χ2v) is 7.93. The smallest absolute Gasteiger partial charge is 0.409 e. The third kappa shape index (κ3) is 8.05. The summed E-state index contributed by atoms with van der Waals surface area (Å²) in [5.41, 5.74) is 1.11. The van der Waals surface area contributed by atoms with Gasteiger partial charge in [0.05, 0.1) is 19.3 Å². The lowest BCUT2D eigenvalue weighted by molar-refractivity contribution is 0.0963. The van der Waals surface area contributed by atoms with Crippen LogP contribution in [-0.4, -0.2) is 55.3 Å². The molecule has 1 aliphatic heterocycles. The Bertz CT molecular complexity index is 702. The molecule has 8 heteroatoms. The summed E-state index contributed by atoms with van der Waals surface area (Å²) in [5, 5.41) is 6.87. The fourth-order valence-corrected chi connectivity index (χ4v) is 4.03. The van der Waals surface area contributed by atoms with Crippen LogP contribution in [0.3, 0.4) is 0 Å². The molecule has 1 saturated heterocycles. The van der Waals surface area contributed by atoms with Gasteiger partial charge in [-0.25, -0.2) is 9.79 Å². The second-order valence-electron chi connectivity index (χ2n) is 7.93. The number of piperidine rings is 1. The molecule has 1 amide bonds. The maximum absolute atomic E-state index is 11.9. The number of hydrogen-bond donors (Lipinski definition) is 2. The molecule has 31 heavy (non-hydrogen) atoms. The summed E-state index contributed by atoms with van der Waals surface area (Å²) in [6, 6.07) is 8.50. The van der Waals surface area contributed by atoms with E-state index in [4.69, 9.17) is 14.5 Å². The van der Waals surface area contributed by atoms with Crippen molar-refractivity contribution >= 4 is 36.0 Å². The van der Waals surface area contributed by atoms with Crippen molar-refractivity contribution in [3.8, 4) is 5.75 Å². The Labute approximate surface area is 203 Å². The van der Waals surface area contributed by atoms with Gasteiger partial charge in [-0.05, 0) is 58.4 Å². The summed E-state index contributed by atoms with van der Waals surface area (Å²) in [6.07, 6.45) is 6.69. The molecule has 0 spiro atoms. The quantitative estimate of drug-likeness (QED) is 0.304. The third-order valence-electron chi connectivity index (χ3n) is 5.68. The molecule has 1 aliphatic carbocycles. The highest BCUT2D eigenvalue weighted by atomic mass is 127. The highest BCUT2D eigenvalue weighted by molar-refractivity contribution is 14.0. The van der Waals surface area contributed by atoms with Crippen molar-refractivity contribution in [3.05, 3.63) is 29.8 Å². The average Bonchev–Trinajstić information content (AvgIpc) is 3.27. The Kier molecular flexibility index (Phi) is 11.2. The molecule has 0 bridgehead atoms. The fourth-order valence-electron chi connectivity index (χ4n) is 4.03. The van der Waals surface area contributed by atoms with Gasteiger partial charge in [0, 0.05) is 31.2 Å². The van der Waals surface area contributed by atoms with E-state index in [1.54, 1.807) is 4.90 Å². The number of nitrogens with one attached hydrogen (secondary N) is 2. The second kappa shape index (κ2) is 13.6. The summed E-state index contributed by atoms with van der Waals surface area (Å²) in [4.78, 5) is 18.5. The number of rotatable bonds is 7. The molecule has 3 rings (SSSR count). The van der Waals surface area contributed by atoms with E-state index in [0.29, 0.717) is 38.4 Å². The van der Waals surface area contributed by atoms with Crippen LogP contribution in [0.1, 0.15) is 57.9 Å². The van der Waals surface area contributed by atoms with Crippen LogP contribution in [0, 0.1) is 0 Å². The van der Waals surface area contributed by atoms with Crippen LogP contribution in [-0.2, 0) is 11.3 Å². The maximum Gasteiger partial charge on any atom is 0.409 e. The van der Waals surface area contributed by atoms with Crippen LogP contribution in [0.4, 0.5) is 4.79 Å². The molecule has 2 aliphatic rings. The number of guanidine groups is 1. The van der Waals surface area contributed by atoms with E-state index >= 15 is 0 Å². The fraction of sp³-hybridized carbons (Fsp3) is 0.652. The zero-order valence-corrected chi connectivity index (χ0v) is 21.1. The summed E-state index contributed by atoms with van der Waals surface area (Å²) < 4.78 is 11.3. The minimum absolute atomic E-state index is 0. The molecule has 2 fully saturated rings. The molecule has 2 N–H and O–H groups in total. The Morgan fingerprint density at radius 2 is 1.84 bits per heavy atom. The predicted octanol–water partition coefficient (Wildman–Crippen LogP) is 4.30. The van der Waals surface area contributed by atoms with Crippen molar-refractivity contribution in [1.82, 2.24) is 15.5 Å². The van der Waals surface area contributed by atoms with E-state index in [-0.39, 0.29) is 30.1 Å². The number of carbonyl (C=O) groups is 1. The molecule has 7 nitrogen and oxygen atoms in total. The zero-order chi connectivity index (χ0) is 21.2. The molecule has 1 saturated carbocycles. The van der Waals surface area contributed by atoms with Crippen molar-refractivity contribution in [2.24, 2.45) is 4.99 Å². The Balaban J connectivity index is 0.00000341. The molecule has 0 unspecified atom stereocenters. The SMILES string of the molecule is CCNC(=NCc1ccccc1OC1CCCC1)NC1CCN(C(=O)OCC)CC1.I. The standard InChI is InChI=1S/C23H36N4O3.HI/c1-3-24-22(26-19-13-15-27(16-14-19)23(28)29-4-2)25-17-18-9-5-8-12-21(18)30-20-10-6-7-11-20;/h5,8-9,12,19-20H,3-4,6-7,10-11,13-17H2,1-2H3,(H2,24,25,26);1H. The van der Waals surface area contributed by atoms with Gasteiger partial charge in [0.25, 0.3) is 0 Å². The summed E-state index contributed by atoms with van der Waals surface area (Å²) >= 11 is 0. The van der Waals surface area contributed by atoms with Gasteiger partial charge in [-0.15, -0.1) is 24.0 Å². The van der Waals surface area contributed by atoms with Crippen molar-refractivity contribution in [1.29, 1.82) is 0 Å². The van der Waals surface area contributed by atoms with Gasteiger partial charge in [0.1, 0.15) is 5.75 Å². The van der Waals surface area contributed by atoms with Gasteiger partial charge >= 0.3 is 6.09 Å². The van der Waals surface area contributed by atoms with E-state index in [2.05, 4.69) is 29.7 Å². The van der Waals surface area contributed by atoms with E-state index in [0.717, 1.165) is 49.5 Å². The number of nitrogens with zero attached hydrogens (tertiary/aromatic N) is 2. The number of halogens is 1. The number of aliphatic imine (C=N–C) groups is 1. The molecule has 1 aromatic carbocycles. The highest BCUT2D eigenvalue weighted by Gasteiger charge is 2.24. The number of likely N-dealkylation sites (tertiary alicyclic amines) is 1. The minimum Gasteiger partial charge on any atom is -0.490 e. The van der Waals surface area contributed by atoms with Gasteiger partial charge in [-0.1, -0.05) is 18.2 Å². The average molecular weight is 544 g/mol. The van der Waals surface area contributed by atoms with Crippen LogP contribution in [0.15, 0.2) is 29.3 Å². The van der Waals surface area contributed by atoms with Crippen LogP contribution in [0.25, 0.3) is 0 Å². The van der Waals surface area contributed by atoms with E-state index in [1.807, 2.05) is 19.1 Å². The number of carbonyl (C=O) groups excluding carboxylic acids is 1. The molecule has 0 radical (unpaired) electrons. The first-order valence-corrected chi connectivity index (χ1v) is 11.4. The lowest BCUT2D eigenvalue weighted by atomic mass is 10.1. The monoisotopic (exact) mass is 544 g/mol. The van der Waals surface area contributed by atoms with Gasteiger partial charge in [-0.3, -0.25) is 0 Å². The first-order chi connectivity index (χ1) is 14.7. The lowest BCUT2D eigenvalue weighted by Crippen LogP contribution is -2.49. The Morgan fingerprint density at radius 1 is 1.13 bits per heavy atom. The molecule has 1 heterocycles. The van der Waals surface area contributed by atoms with Gasteiger partial charge in [0.15, 0.2) is 5.96 Å². The van der Waals surface area contributed by atoms with Gasteiger partial charge in [-0.2, -0.15) is 0 Å². The van der Waals surface area contributed by atoms with E-state index in [1.165, 1.54) is 12.8 Å². The largest absolute Gasteiger partial charge is 0.490 e. The highest BCUT2D eigenvalue weighted by Crippen LogP contribution is 2.27. The molecule has 174 valence electrons. The summed E-state index contributed by atoms with van der Waals surface area (Å²) in [5.74, 6) is 1.76. The zero-order valence-electron chi connectivity index (χ0n) is 18.8. The number of para-hydroxylation sites is 1. The first kappa shape index (κ1) is 25.5. The van der Waals surface area contributed by atoms with Crippen molar-refractivity contribution in [3.63, 3.8) is 0 Å². The van der Waals surface area contributed by atoms with E-state index < -0.39 is 0 Å². The number of benzene rings is 1. The molecule has 0 aromatic heterocycles. The van der Waals surface area contributed by atoms with Crippen LogP contribution < -0.4 is 15.4 Å². The predicted molar refractivity (Wildman–Crippen MR) is 134 cm³/mol. The van der Waals surface area contributed by atoms with Gasteiger partial charge < -0.3 is 25.0 Å². The van der Waals surface area contributed by atoms with Crippen LogP contribution in [0.2, 0.25) is 0 Å². The third-order valence-corrected chi connectivity index (χ3v) is 5.68. The van der Waals surface area contributed by atoms with Crippen LogP contribution >= 0.6 is 24.0 Å². The van der Waals surface area contributed by atoms with Crippen molar-refractivity contribution in [2.45, 2.75) is 71.1 Å². The minimum atomic E-state index is -0.213. The van der Waals surface area contributed by atoms with Crippen molar-refractivity contribution in [2.75, 3.05) is 26.2 Å². The van der Waals surface area contributed by atoms with Crippen LogP contribution in [0.5, 0.6) is 5.75 Å². The Hall–Kier alpha value is -1.71. The summed E-state index contributed by atoms with van der Waals surface area (Å²) in [7, 11) is 0. The number of hydrogen-bond acceptors (Lipinski definition) is 4. The molecular formula is C23H37IN4O3. The molecule has 0 atom stereocenters. The summed E-state index contributed by atoms with van der Waals surface area (Å²) in [6.45, 7) is 7.09.